The van der Waals surface area contributed by atoms with Gasteiger partial charge < -0.3 is 15.5 Å². The third-order valence-corrected chi connectivity index (χ3v) is 1.63. The second-order valence-electron chi connectivity index (χ2n) is 3.80. The Morgan fingerprint density at radius 2 is 2.06 bits per heavy atom. The van der Waals surface area contributed by atoms with Crippen molar-refractivity contribution in [1.29, 1.82) is 0 Å². The van der Waals surface area contributed by atoms with Crippen LogP contribution < -0.4 is 21.9 Å². The molecule has 7 heteroatoms. The molecule has 0 aromatic carbocycles. The van der Waals surface area contributed by atoms with Gasteiger partial charge in [0.1, 0.15) is 0 Å². The van der Waals surface area contributed by atoms with Gasteiger partial charge in [0.05, 0.1) is 6.54 Å². The molecule has 0 aliphatic rings. The van der Waals surface area contributed by atoms with E-state index in [1.807, 2.05) is 13.8 Å². The Hall–Kier alpha value is -1.50. The number of nitrogens with two attached hydrogens (primary N) is 1. The second-order valence-corrected chi connectivity index (χ2v) is 3.80. The minimum Gasteiger partial charge on any atom is -0.353 e. The van der Waals surface area contributed by atoms with Gasteiger partial charge in [-0.2, -0.15) is 0 Å². The third kappa shape index (κ3) is 6.88. The Morgan fingerprint density at radius 3 is 2.50 bits per heavy atom. The maximum Gasteiger partial charge on any atom is 0.316 e. The van der Waals surface area contributed by atoms with Crippen LogP contribution in [-0.2, 0) is 0 Å². The number of nitrogens with one attached hydrogen (secondary N) is 3. The molecule has 0 atom stereocenters. The van der Waals surface area contributed by atoms with Crippen LogP contribution in [0.25, 0.3) is 0 Å². The molecule has 0 aliphatic carbocycles. The summed E-state index contributed by atoms with van der Waals surface area (Å²) in [4.78, 5) is 16.8. The molecule has 2 amide bonds. The van der Waals surface area contributed by atoms with Crippen molar-refractivity contribution in [2.24, 2.45) is 10.8 Å². The number of rotatable bonds is 4. The highest BCUT2D eigenvalue weighted by Crippen LogP contribution is 1.79. The molecule has 94 valence electrons. The highest BCUT2D eigenvalue weighted by molar-refractivity contribution is 5.79. The molecule has 0 aromatic rings. The average molecular weight is 230 g/mol. The van der Waals surface area contributed by atoms with Crippen molar-refractivity contribution in [3.8, 4) is 0 Å². The van der Waals surface area contributed by atoms with E-state index < -0.39 is 0 Å². The number of hydrazine groups is 1. The standard InChI is InChI=1S/C9H22N6O/c1-7(2)13-8(14-10)11-5-6-12-9(16)15(3)4/h7H,5-6,10H2,1-4H3,(H,12,16)(H2,11,13,14). The van der Waals surface area contributed by atoms with Gasteiger partial charge in [0.25, 0.3) is 0 Å². The summed E-state index contributed by atoms with van der Waals surface area (Å²) < 4.78 is 0. The Labute approximate surface area is 96.4 Å². The highest BCUT2D eigenvalue weighted by atomic mass is 16.2. The summed E-state index contributed by atoms with van der Waals surface area (Å²) in [5.74, 6) is 5.79. The highest BCUT2D eigenvalue weighted by Gasteiger charge is 2.01. The van der Waals surface area contributed by atoms with E-state index in [-0.39, 0.29) is 12.1 Å². The zero-order valence-electron chi connectivity index (χ0n) is 10.4. The molecule has 0 fully saturated rings. The quantitative estimate of drug-likeness (QED) is 0.165. The van der Waals surface area contributed by atoms with Crippen molar-refractivity contribution < 1.29 is 4.79 Å². The number of hydrogen-bond donors (Lipinski definition) is 4. The van der Waals surface area contributed by atoms with Gasteiger partial charge in [-0.25, -0.2) is 10.6 Å². The molecule has 0 aromatic heterocycles. The Bertz CT molecular complexity index is 238. The Balaban J connectivity index is 3.84. The van der Waals surface area contributed by atoms with E-state index in [2.05, 4.69) is 21.1 Å². The first kappa shape index (κ1) is 14.5. The van der Waals surface area contributed by atoms with Crippen molar-refractivity contribution in [3.05, 3.63) is 0 Å². The van der Waals surface area contributed by atoms with E-state index in [0.29, 0.717) is 19.0 Å². The summed E-state index contributed by atoms with van der Waals surface area (Å²) in [7, 11) is 3.37. The van der Waals surface area contributed by atoms with Gasteiger partial charge in [0.2, 0.25) is 5.96 Å². The summed E-state index contributed by atoms with van der Waals surface area (Å²) in [6.45, 7) is 4.92. The summed E-state index contributed by atoms with van der Waals surface area (Å²) in [6, 6.07) is 0.125. The molecule has 7 nitrogen and oxygen atoms in total. The molecule has 0 aliphatic heterocycles. The molecule has 5 N–H and O–H groups in total. The second kappa shape index (κ2) is 7.75. The van der Waals surface area contributed by atoms with E-state index in [9.17, 15) is 4.79 Å². The van der Waals surface area contributed by atoms with Gasteiger partial charge in [0, 0.05) is 26.7 Å². The molecule has 0 saturated heterocycles. The molecule has 0 radical (unpaired) electrons. The fourth-order valence-electron chi connectivity index (χ4n) is 0.895. The van der Waals surface area contributed by atoms with E-state index in [1.54, 1.807) is 14.1 Å². The van der Waals surface area contributed by atoms with Crippen molar-refractivity contribution in [2.45, 2.75) is 19.9 Å². The van der Waals surface area contributed by atoms with E-state index in [4.69, 9.17) is 5.84 Å². The number of amides is 2. The Morgan fingerprint density at radius 1 is 1.44 bits per heavy atom. The molecule has 0 heterocycles. The summed E-state index contributed by atoms with van der Waals surface area (Å²) in [6.07, 6.45) is 0. The lowest BCUT2D eigenvalue weighted by Gasteiger charge is -2.13. The van der Waals surface area contributed by atoms with Gasteiger partial charge in [-0.1, -0.05) is 0 Å². The first-order valence-electron chi connectivity index (χ1n) is 5.20. The molecular formula is C9H22N6O. The van der Waals surface area contributed by atoms with Crippen molar-refractivity contribution >= 4 is 12.0 Å². The van der Waals surface area contributed by atoms with E-state index >= 15 is 0 Å². The zero-order valence-corrected chi connectivity index (χ0v) is 10.4. The van der Waals surface area contributed by atoms with Gasteiger partial charge in [-0.3, -0.25) is 10.4 Å². The van der Waals surface area contributed by atoms with Crippen molar-refractivity contribution in [3.63, 3.8) is 0 Å². The number of nitrogens with zero attached hydrogens (tertiary/aromatic N) is 2. The van der Waals surface area contributed by atoms with Gasteiger partial charge in [-0.05, 0) is 13.8 Å². The first-order chi connectivity index (χ1) is 7.47. The number of carbonyl (C=O) groups excluding carboxylic acids is 1. The van der Waals surface area contributed by atoms with Gasteiger partial charge in [-0.15, -0.1) is 0 Å². The average Bonchev–Trinajstić information content (AvgIpc) is 2.21. The number of hydrogen-bond acceptors (Lipinski definition) is 3. The molecule has 0 rings (SSSR count). The molecule has 0 spiro atoms. The lowest BCUT2D eigenvalue weighted by Crippen LogP contribution is -2.45. The first-order valence-corrected chi connectivity index (χ1v) is 5.20. The lowest BCUT2D eigenvalue weighted by molar-refractivity contribution is 0.218. The van der Waals surface area contributed by atoms with Crippen LogP contribution in [0, 0.1) is 0 Å². The predicted molar refractivity (Wildman–Crippen MR) is 65.0 cm³/mol. The SMILES string of the molecule is CC(C)NC(=NCCNC(=O)N(C)C)NN. The fourth-order valence-corrected chi connectivity index (χ4v) is 0.895. The predicted octanol–water partition coefficient (Wildman–Crippen LogP) is -0.925. The van der Waals surface area contributed by atoms with Gasteiger partial charge >= 0.3 is 6.03 Å². The number of aliphatic imine (C=N–C) groups is 1. The minimum atomic E-state index is -0.130. The molecule has 0 unspecified atom stereocenters. The van der Waals surface area contributed by atoms with Gasteiger partial charge in [0.15, 0.2) is 0 Å². The molecule has 16 heavy (non-hydrogen) atoms. The van der Waals surface area contributed by atoms with Crippen LogP contribution in [0.15, 0.2) is 4.99 Å². The molecular weight excluding hydrogens is 208 g/mol. The van der Waals surface area contributed by atoms with Crippen LogP contribution >= 0.6 is 0 Å². The minimum absolute atomic E-state index is 0.130. The van der Waals surface area contributed by atoms with Crippen LogP contribution in [0.3, 0.4) is 0 Å². The molecule has 0 saturated carbocycles. The maximum absolute atomic E-state index is 11.1. The lowest BCUT2D eigenvalue weighted by atomic mass is 10.4. The maximum atomic E-state index is 11.1. The van der Waals surface area contributed by atoms with Crippen LogP contribution in [0.4, 0.5) is 4.79 Å². The van der Waals surface area contributed by atoms with Crippen LogP contribution in [0.5, 0.6) is 0 Å². The summed E-state index contributed by atoms with van der Waals surface area (Å²) in [5, 5.41) is 5.73. The zero-order chi connectivity index (χ0) is 12.6. The Kier molecular flexibility index (Phi) is 7.02. The van der Waals surface area contributed by atoms with E-state index in [0.717, 1.165) is 0 Å². The smallest absolute Gasteiger partial charge is 0.316 e. The van der Waals surface area contributed by atoms with E-state index in [1.165, 1.54) is 4.90 Å². The van der Waals surface area contributed by atoms with Crippen LogP contribution in [-0.4, -0.2) is 50.1 Å². The van der Waals surface area contributed by atoms with Crippen LogP contribution in [0.1, 0.15) is 13.8 Å². The molecule has 0 bridgehead atoms. The monoisotopic (exact) mass is 230 g/mol. The number of guanidine groups is 1. The van der Waals surface area contributed by atoms with Crippen molar-refractivity contribution in [1.82, 2.24) is 21.0 Å². The topological polar surface area (TPSA) is 94.8 Å². The fraction of sp³-hybridized carbons (Fsp3) is 0.778. The van der Waals surface area contributed by atoms with Crippen LogP contribution in [0.2, 0.25) is 0 Å². The summed E-state index contributed by atoms with van der Waals surface area (Å²) in [5.41, 5.74) is 2.46. The largest absolute Gasteiger partial charge is 0.353 e. The normalized spacial score (nSPS) is 11.2. The third-order valence-electron chi connectivity index (χ3n) is 1.63. The summed E-state index contributed by atoms with van der Waals surface area (Å²) >= 11 is 0. The van der Waals surface area contributed by atoms with Crippen molar-refractivity contribution in [2.75, 3.05) is 27.2 Å². The number of carbonyl (C=O) groups is 1. The number of urea groups is 1.